The zero-order valence-electron chi connectivity index (χ0n) is 17.3. The fourth-order valence-corrected chi connectivity index (χ4v) is 3.85. The Morgan fingerprint density at radius 2 is 1.74 bits per heavy atom. The molecule has 2 aromatic carbocycles. The van der Waals surface area contributed by atoms with E-state index < -0.39 is 0 Å². The van der Waals surface area contributed by atoms with Crippen LogP contribution in [-0.2, 0) is 13.0 Å². The second-order valence-corrected chi connectivity index (χ2v) is 7.63. The zero-order valence-corrected chi connectivity index (χ0v) is 17.3. The van der Waals surface area contributed by atoms with Crippen LogP contribution in [0.4, 0.5) is 5.69 Å². The van der Waals surface area contributed by atoms with Gasteiger partial charge in [0.25, 0.3) is 11.8 Å². The van der Waals surface area contributed by atoms with E-state index in [1.54, 1.807) is 18.2 Å². The first-order chi connectivity index (χ1) is 15.0. The van der Waals surface area contributed by atoms with Crippen LogP contribution in [0.5, 0.6) is 5.75 Å². The van der Waals surface area contributed by atoms with Gasteiger partial charge in [-0.25, -0.2) is 0 Å². The molecule has 0 radical (unpaired) electrons. The van der Waals surface area contributed by atoms with Gasteiger partial charge in [0.15, 0.2) is 0 Å². The Hall–Kier alpha value is -3.74. The molecule has 160 valence electrons. The molecule has 7 heteroatoms. The van der Waals surface area contributed by atoms with Crippen LogP contribution in [0.25, 0.3) is 0 Å². The molecule has 4 rings (SSSR count). The third-order valence-electron chi connectivity index (χ3n) is 5.48. The topological polar surface area (TPSA) is 94.8 Å². The van der Waals surface area contributed by atoms with Crippen molar-refractivity contribution in [3.8, 4) is 5.75 Å². The van der Waals surface area contributed by atoms with E-state index in [1.807, 2.05) is 12.1 Å². The van der Waals surface area contributed by atoms with Crippen molar-refractivity contribution >= 4 is 17.5 Å². The first-order valence-corrected chi connectivity index (χ1v) is 10.3. The van der Waals surface area contributed by atoms with Gasteiger partial charge in [-0.1, -0.05) is 18.2 Å². The summed E-state index contributed by atoms with van der Waals surface area (Å²) in [6.07, 6.45) is 2.50. The molecule has 0 aliphatic carbocycles. The fourth-order valence-electron chi connectivity index (χ4n) is 3.85. The van der Waals surface area contributed by atoms with E-state index in [9.17, 15) is 14.7 Å². The molecule has 3 aromatic rings. The van der Waals surface area contributed by atoms with Gasteiger partial charge in [-0.2, -0.15) is 0 Å². The van der Waals surface area contributed by atoms with Crippen molar-refractivity contribution in [2.24, 2.45) is 0 Å². The summed E-state index contributed by atoms with van der Waals surface area (Å²) in [6, 6.07) is 16.3. The van der Waals surface area contributed by atoms with Crippen LogP contribution >= 0.6 is 0 Å². The Morgan fingerprint density at radius 3 is 2.52 bits per heavy atom. The second-order valence-electron chi connectivity index (χ2n) is 7.63. The van der Waals surface area contributed by atoms with E-state index in [2.05, 4.69) is 34.6 Å². The SMILES string of the molecule is CC1Cc2ccccc2N1Cc1occc1C(=O)NCCNC(=O)c1ccc(O)cc1. The average Bonchev–Trinajstić information content (AvgIpc) is 3.36. The van der Waals surface area contributed by atoms with Crippen molar-refractivity contribution in [2.75, 3.05) is 18.0 Å². The van der Waals surface area contributed by atoms with E-state index in [1.165, 1.54) is 29.6 Å². The normalized spacial score (nSPS) is 14.9. The number of furan rings is 1. The number of carbonyl (C=O) groups is 2. The van der Waals surface area contributed by atoms with Crippen LogP contribution in [0.1, 0.15) is 39.0 Å². The van der Waals surface area contributed by atoms with Gasteiger partial charge >= 0.3 is 0 Å². The van der Waals surface area contributed by atoms with Crippen molar-refractivity contribution < 1.29 is 19.1 Å². The number of fused-ring (bicyclic) bond motifs is 1. The minimum absolute atomic E-state index is 0.103. The maximum absolute atomic E-state index is 12.6. The van der Waals surface area contributed by atoms with Crippen molar-refractivity contribution in [3.63, 3.8) is 0 Å². The number of nitrogens with one attached hydrogen (secondary N) is 2. The predicted molar refractivity (Wildman–Crippen MR) is 117 cm³/mol. The van der Waals surface area contributed by atoms with Gasteiger partial charge in [0, 0.05) is 30.4 Å². The van der Waals surface area contributed by atoms with Gasteiger partial charge < -0.3 is 25.1 Å². The summed E-state index contributed by atoms with van der Waals surface area (Å²) in [4.78, 5) is 27.0. The van der Waals surface area contributed by atoms with E-state index in [0.29, 0.717) is 29.5 Å². The van der Waals surface area contributed by atoms with Crippen LogP contribution in [0.15, 0.2) is 65.3 Å². The highest BCUT2D eigenvalue weighted by Crippen LogP contribution is 2.33. The highest BCUT2D eigenvalue weighted by Gasteiger charge is 2.27. The number of amides is 2. The van der Waals surface area contributed by atoms with Gasteiger partial charge in [-0.3, -0.25) is 9.59 Å². The Balaban J connectivity index is 1.31. The molecule has 1 aliphatic heterocycles. The van der Waals surface area contributed by atoms with Gasteiger partial charge in [-0.15, -0.1) is 0 Å². The quantitative estimate of drug-likeness (QED) is 0.512. The molecule has 1 aliphatic rings. The summed E-state index contributed by atoms with van der Waals surface area (Å²) in [5.74, 6) is 0.225. The zero-order chi connectivity index (χ0) is 21.8. The molecule has 7 nitrogen and oxygen atoms in total. The molecule has 1 atom stereocenters. The summed E-state index contributed by atoms with van der Waals surface area (Å²) >= 11 is 0. The lowest BCUT2D eigenvalue weighted by Crippen LogP contribution is -2.35. The van der Waals surface area contributed by atoms with Crippen LogP contribution in [0.3, 0.4) is 0 Å². The van der Waals surface area contributed by atoms with Crippen LogP contribution in [-0.4, -0.2) is 36.1 Å². The molecule has 31 heavy (non-hydrogen) atoms. The molecule has 0 saturated carbocycles. The Bertz CT molecular complexity index is 1070. The number of anilines is 1. The minimum Gasteiger partial charge on any atom is -0.508 e. The third kappa shape index (κ3) is 4.55. The largest absolute Gasteiger partial charge is 0.508 e. The summed E-state index contributed by atoms with van der Waals surface area (Å²) in [6.45, 7) is 3.26. The van der Waals surface area contributed by atoms with Gasteiger partial charge in [0.2, 0.25) is 0 Å². The Labute approximate surface area is 180 Å². The van der Waals surface area contributed by atoms with E-state index in [-0.39, 0.29) is 30.7 Å². The molecular formula is C24H25N3O4. The van der Waals surface area contributed by atoms with E-state index in [0.717, 1.165) is 6.42 Å². The van der Waals surface area contributed by atoms with Crippen molar-refractivity contribution in [1.82, 2.24) is 10.6 Å². The molecular weight excluding hydrogens is 394 g/mol. The number of para-hydroxylation sites is 1. The third-order valence-corrected chi connectivity index (χ3v) is 5.48. The maximum atomic E-state index is 12.6. The molecule has 0 fully saturated rings. The molecule has 0 saturated heterocycles. The number of benzene rings is 2. The van der Waals surface area contributed by atoms with E-state index >= 15 is 0 Å². The summed E-state index contributed by atoms with van der Waals surface area (Å²) < 4.78 is 5.63. The lowest BCUT2D eigenvalue weighted by atomic mass is 10.1. The smallest absolute Gasteiger partial charge is 0.254 e. The van der Waals surface area contributed by atoms with Gasteiger partial charge in [0.05, 0.1) is 18.4 Å². The molecule has 3 N–H and O–H groups in total. The Kier molecular flexibility index (Phi) is 5.93. The molecule has 0 spiro atoms. The maximum Gasteiger partial charge on any atom is 0.254 e. The number of phenolic OH excluding ortho intramolecular Hbond substituents is 1. The summed E-state index contributed by atoms with van der Waals surface area (Å²) in [5, 5.41) is 14.9. The minimum atomic E-state index is -0.264. The van der Waals surface area contributed by atoms with Gasteiger partial charge in [0.1, 0.15) is 11.5 Å². The number of carbonyl (C=O) groups excluding carboxylic acids is 2. The van der Waals surface area contributed by atoms with Crippen molar-refractivity contribution in [2.45, 2.75) is 25.9 Å². The van der Waals surface area contributed by atoms with Crippen molar-refractivity contribution in [3.05, 3.63) is 83.3 Å². The highest BCUT2D eigenvalue weighted by atomic mass is 16.3. The number of hydrogen-bond donors (Lipinski definition) is 3. The molecule has 1 aromatic heterocycles. The summed E-state index contributed by atoms with van der Waals surface area (Å²) in [7, 11) is 0. The lowest BCUT2D eigenvalue weighted by molar-refractivity contribution is 0.0926. The first kappa shape index (κ1) is 20.5. The van der Waals surface area contributed by atoms with Crippen LogP contribution in [0.2, 0.25) is 0 Å². The number of rotatable bonds is 7. The van der Waals surface area contributed by atoms with Gasteiger partial charge in [-0.05, 0) is 55.3 Å². The number of aromatic hydroxyl groups is 1. The molecule has 2 heterocycles. The highest BCUT2D eigenvalue weighted by molar-refractivity contribution is 5.96. The first-order valence-electron chi connectivity index (χ1n) is 10.3. The molecule has 2 amide bonds. The average molecular weight is 419 g/mol. The predicted octanol–water partition coefficient (Wildman–Crippen LogP) is 3.10. The monoisotopic (exact) mass is 419 g/mol. The van der Waals surface area contributed by atoms with Crippen LogP contribution in [0, 0.1) is 0 Å². The number of hydrogen-bond acceptors (Lipinski definition) is 5. The van der Waals surface area contributed by atoms with Crippen LogP contribution < -0.4 is 15.5 Å². The fraction of sp³-hybridized carbons (Fsp3) is 0.250. The second kappa shape index (κ2) is 8.95. The number of phenols is 1. The molecule has 1 unspecified atom stereocenters. The Morgan fingerprint density at radius 1 is 1.03 bits per heavy atom. The standard InChI is InChI=1S/C24H25N3O4/c1-16-14-18-4-2-3-5-21(18)27(16)15-22-20(10-13-31-22)24(30)26-12-11-25-23(29)17-6-8-19(28)9-7-17/h2-10,13,16,28H,11-12,14-15H2,1H3,(H,25,29)(H,26,30). The van der Waals surface area contributed by atoms with E-state index in [4.69, 9.17) is 4.42 Å². The molecule has 0 bridgehead atoms. The summed E-state index contributed by atoms with van der Waals surface area (Å²) in [5.41, 5.74) is 3.43. The number of nitrogens with zero attached hydrogens (tertiary/aromatic N) is 1. The van der Waals surface area contributed by atoms with Crippen molar-refractivity contribution in [1.29, 1.82) is 0 Å². The lowest BCUT2D eigenvalue weighted by Gasteiger charge is -2.24.